The molecule has 0 spiro atoms. The van der Waals surface area contributed by atoms with E-state index in [1.54, 1.807) is 46.4 Å². The summed E-state index contributed by atoms with van der Waals surface area (Å²) in [5, 5.41) is 7.06. The Labute approximate surface area is 156 Å². The molecule has 3 aromatic rings. The van der Waals surface area contributed by atoms with E-state index in [0.717, 1.165) is 11.3 Å². The maximum absolute atomic E-state index is 12.8. The highest BCUT2D eigenvalue weighted by Gasteiger charge is 2.35. The van der Waals surface area contributed by atoms with Crippen molar-refractivity contribution in [3.05, 3.63) is 66.6 Å². The minimum Gasteiger partial charge on any atom is -0.323 e. The number of pyridine rings is 1. The number of hydrogen-bond acceptors (Lipinski definition) is 4. The molecule has 1 aliphatic rings. The summed E-state index contributed by atoms with van der Waals surface area (Å²) in [6, 6.07) is 13.0. The van der Waals surface area contributed by atoms with Gasteiger partial charge in [-0.15, -0.1) is 0 Å². The van der Waals surface area contributed by atoms with Crippen LogP contribution in [-0.4, -0.2) is 33.1 Å². The molecule has 2 aromatic heterocycles. The third-order valence-corrected chi connectivity index (χ3v) is 4.61. The van der Waals surface area contributed by atoms with Crippen LogP contribution in [0, 0.1) is 12.8 Å². The lowest BCUT2D eigenvalue weighted by molar-refractivity contribution is -0.122. The van der Waals surface area contributed by atoms with Crippen molar-refractivity contribution in [2.24, 2.45) is 5.92 Å². The molecule has 7 nitrogen and oxygen atoms in total. The monoisotopic (exact) mass is 361 g/mol. The summed E-state index contributed by atoms with van der Waals surface area (Å²) >= 11 is 0. The number of anilines is 2. The summed E-state index contributed by atoms with van der Waals surface area (Å²) in [4.78, 5) is 31.1. The van der Waals surface area contributed by atoms with Gasteiger partial charge in [0.1, 0.15) is 0 Å². The molecule has 0 bridgehead atoms. The van der Waals surface area contributed by atoms with E-state index in [-0.39, 0.29) is 18.2 Å². The fourth-order valence-corrected chi connectivity index (χ4v) is 3.16. The number of hydrogen-bond donors (Lipinski definition) is 1. The summed E-state index contributed by atoms with van der Waals surface area (Å²) in [6.45, 7) is 2.36. The van der Waals surface area contributed by atoms with E-state index >= 15 is 0 Å². The van der Waals surface area contributed by atoms with Crippen LogP contribution in [0.3, 0.4) is 0 Å². The first-order valence-corrected chi connectivity index (χ1v) is 8.75. The van der Waals surface area contributed by atoms with Gasteiger partial charge >= 0.3 is 0 Å². The fourth-order valence-electron chi connectivity index (χ4n) is 3.16. The van der Waals surface area contributed by atoms with Gasteiger partial charge in [-0.05, 0) is 37.3 Å². The molecule has 27 heavy (non-hydrogen) atoms. The molecule has 0 saturated carbocycles. The van der Waals surface area contributed by atoms with Gasteiger partial charge in [0.2, 0.25) is 11.8 Å². The Morgan fingerprint density at radius 1 is 1.15 bits per heavy atom. The van der Waals surface area contributed by atoms with Gasteiger partial charge in [0, 0.05) is 37.2 Å². The van der Waals surface area contributed by atoms with E-state index in [0.29, 0.717) is 18.1 Å². The summed E-state index contributed by atoms with van der Waals surface area (Å²) in [5.41, 5.74) is 2.51. The topological polar surface area (TPSA) is 80.1 Å². The summed E-state index contributed by atoms with van der Waals surface area (Å²) in [6.07, 6.45) is 5.24. The molecule has 1 saturated heterocycles. The van der Waals surface area contributed by atoms with E-state index in [4.69, 9.17) is 0 Å². The van der Waals surface area contributed by atoms with E-state index in [1.807, 2.05) is 31.2 Å². The first-order chi connectivity index (χ1) is 13.1. The van der Waals surface area contributed by atoms with Crippen LogP contribution in [0.5, 0.6) is 0 Å². The van der Waals surface area contributed by atoms with Crippen molar-refractivity contribution >= 4 is 23.2 Å². The average molecular weight is 361 g/mol. The second-order valence-electron chi connectivity index (χ2n) is 6.56. The molecule has 7 heteroatoms. The third-order valence-electron chi connectivity index (χ3n) is 4.61. The Hall–Kier alpha value is -3.48. The molecular formula is C20H19N5O2. The first kappa shape index (κ1) is 17.0. The zero-order valence-electron chi connectivity index (χ0n) is 14.9. The lowest BCUT2D eigenvalue weighted by atomic mass is 10.1. The molecule has 1 N–H and O–H groups in total. The van der Waals surface area contributed by atoms with Gasteiger partial charge in [0.05, 0.1) is 11.6 Å². The summed E-state index contributed by atoms with van der Waals surface area (Å²) < 4.78 is 1.59. The lowest BCUT2D eigenvalue weighted by Crippen LogP contribution is -2.28. The quantitative estimate of drug-likeness (QED) is 0.774. The number of nitrogens with one attached hydrogen (secondary N) is 1. The second-order valence-corrected chi connectivity index (χ2v) is 6.56. The normalized spacial score (nSPS) is 16.6. The van der Waals surface area contributed by atoms with Crippen molar-refractivity contribution in [3.63, 3.8) is 0 Å². The molecule has 0 radical (unpaired) electrons. The van der Waals surface area contributed by atoms with E-state index < -0.39 is 5.92 Å². The van der Waals surface area contributed by atoms with Gasteiger partial charge in [-0.1, -0.05) is 17.7 Å². The van der Waals surface area contributed by atoms with Crippen molar-refractivity contribution in [3.8, 4) is 5.82 Å². The predicted molar refractivity (Wildman–Crippen MR) is 102 cm³/mol. The Kier molecular flexibility index (Phi) is 4.42. The van der Waals surface area contributed by atoms with Crippen LogP contribution < -0.4 is 10.2 Å². The summed E-state index contributed by atoms with van der Waals surface area (Å²) in [5.74, 6) is -0.114. The van der Waals surface area contributed by atoms with Gasteiger partial charge in [-0.25, -0.2) is 9.67 Å². The van der Waals surface area contributed by atoms with E-state index in [2.05, 4.69) is 15.4 Å². The van der Waals surface area contributed by atoms with Crippen molar-refractivity contribution in [1.82, 2.24) is 14.8 Å². The van der Waals surface area contributed by atoms with Crippen molar-refractivity contribution in [2.45, 2.75) is 13.3 Å². The van der Waals surface area contributed by atoms with Gasteiger partial charge in [-0.2, -0.15) is 5.10 Å². The van der Waals surface area contributed by atoms with Crippen LogP contribution >= 0.6 is 0 Å². The Balaban J connectivity index is 1.50. The molecule has 1 atom stereocenters. The maximum atomic E-state index is 12.8. The molecule has 1 aromatic carbocycles. The highest BCUT2D eigenvalue weighted by atomic mass is 16.2. The lowest BCUT2D eigenvalue weighted by Gasteiger charge is -2.17. The largest absolute Gasteiger partial charge is 0.323 e. The summed E-state index contributed by atoms with van der Waals surface area (Å²) in [7, 11) is 0. The van der Waals surface area contributed by atoms with Gasteiger partial charge < -0.3 is 10.2 Å². The molecule has 2 amide bonds. The van der Waals surface area contributed by atoms with Crippen molar-refractivity contribution < 1.29 is 9.59 Å². The number of benzene rings is 1. The number of rotatable bonds is 4. The van der Waals surface area contributed by atoms with Crippen LogP contribution in [-0.2, 0) is 9.59 Å². The third kappa shape index (κ3) is 3.44. The van der Waals surface area contributed by atoms with Gasteiger partial charge in [-0.3, -0.25) is 9.59 Å². The second kappa shape index (κ2) is 7.03. The minimum atomic E-state index is -0.413. The number of carbonyl (C=O) groups is 2. The van der Waals surface area contributed by atoms with Crippen LogP contribution in [0.4, 0.5) is 11.4 Å². The van der Waals surface area contributed by atoms with Crippen LogP contribution in [0.15, 0.2) is 61.1 Å². The van der Waals surface area contributed by atoms with Crippen molar-refractivity contribution in [1.29, 1.82) is 0 Å². The van der Waals surface area contributed by atoms with Crippen LogP contribution in [0.25, 0.3) is 5.82 Å². The van der Waals surface area contributed by atoms with Crippen LogP contribution in [0.1, 0.15) is 12.0 Å². The highest BCUT2D eigenvalue weighted by molar-refractivity contribution is 6.03. The van der Waals surface area contributed by atoms with E-state index in [9.17, 15) is 9.59 Å². The molecule has 136 valence electrons. The molecule has 1 unspecified atom stereocenters. The predicted octanol–water partition coefficient (Wildman–Crippen LogP) is 2.57. The SMILES string of the molecule is Cc1ccc(N2CC(C(=O)Nc3cccnc3-n3cccn3)CC2=O)cc1. The molecule has 1 fully saturated rings. The van der Waals surface area contributed by atoms with E-state index in [1.165, 1.54) is 0 Å². The number of aryl methyl sites for hydroxylation is 1. The molecule has 3 heterocycles. The fraction of sp³-hybridized carbons (Fsp3) is 0.200. The van der Waals surface area contributed by atoms with Crippen molar-refractivity contribution in [2.75, 3.05) is 16.8 Å². The maximum Gasteiger partial charge on any atom is 0.229 e. The Bertz CT molecular complexity index is 966. The highest BCUT2D eigenvalue weighted by Crippen LogP contribution is 2.27. The first-order valence-electron chi connectivity index (χ1n) is 8.75. The van der Waals surface area contributed by atoms with Crippen LogP contribution in [0.2, 0.25) is 0 Å². The number of nitrogens with zero attached hydrogens (tertiary/aromatic N) is 4. The number of carbonyl (C=O) groups excluding carboxylic acids is 2. The standard InChI is InChI=1S/C20H19N5O2/c1-14-5-7-16(8-6-14)24-13-15(12-18(24)26)20(27)23-17-4-2-9-21-19(17)25-11-3-10-22-25/h2-11,15H,12-13H2,1H3,(H,23,27). The minimum absolute atomic E-state index is 0.0440. The Morgan fingerprint density at radius 3 is 2.70 bits per heavy atom. The number of amides is 2. The molecule has 1 aliphatic heterocycles. The average Bonchev–Trinajstić information content (AvgIpc) is 3.33. The van der Waals surface area contributed by atoms with Gasteiger partial charge in [0.15, 0.2) is 5.82 Å². The molecule has 0 aliphatic carbocycles. The zero-order valence-corrected chi connectivity index (χ0v) is 14.9. The van der Waals surface area contributed by atoms with Gasteiger partial charge in [0.25, 0.3) is 0 Å². The molecule has 4 rings (SSSR count). The Morgan fingerprint density at radius 2 is 1.96 bits per heavy atom. The zero-order chi connectivity index (χ0) is 18.8. The number of aromatic nitrogens is 3. The molecular weight excluding hydrogens is 342 g/mol. The smallest absolute Gasteiger partial charge is 0.229 e.